The highest BCUT2D eigenvalue weighted by Gasteiger charge is 2.45. The van der Waals surface area contributed by atoms with Crippen molar-refractivity contribution in [1.82, 2.24) is 10.1 Å². The van der Waals surface area contributed by atoms with E-state index in [-0.39, 0.29) is 11.5 Å². The summed E-state index contributed by atoms with van der Waals surface area (Å²) in [6.07, 6.45) is -0.646. The Morgan fingerprint density at radius 3 is 2.69 bits per heavy atom. The molecule has 0 aliphatic carbocycles. The summed E-state index contributed by atoms with van der Waals surface area (Å²) in [6, 6.07) is 14.8. The third-order valence-corrected chi connectivity index (χ3v) is 5.54. The number of nitrogens with zero attached hydrogens (tertiary/aromatic N) is 3. The number of fused-ring (bicyclic) bond motifs is 3. The molecule has 0 bridgehead atoms. The first-order valence-corrected chi connectivity index (χ1v) is 10.3. The largest absolute Gasteiger partial charge is 0.496 e. The molecule has 1 atom stereocenters. The number of thioether (sulfide) groups is 1. The van der Waals surface area contributed by atoms with Crippen LogP contribution in [-0.4, -0.2) is 28.9 Å². The van der Waals surface area contributed by atoms with Crippen LogP contribution in [0, 0.1) is 0 Å². The average Bonchev–Trinajstić information content (AvgIpc) is 2.72. The fourth-order valence-electron chi connectivity index (χ4n) is 3.68. The van der Waals surface area contributed by atoms with Gasteiger partial charge in [-0.15, -0.1) is 0 Å². The van der Waals surface area contributed by atoms with E-state index in [4.69, 9.17) is 9.84 Å². The monoisotopic (exact) mass is 409 g/mol. The van der Waals surface area contributed by atoms with Gasteiger partial charge in [-0.2, -0.15) is 0 Å². The van der Waals surface area contributed by atoms with E-state index < -0.39 is 6.17 Å². The Labute approximate surface area is 172 Å². The first-order valence-electron chi connectivity index (χ1n) is 9.27. The number of para-hydroxylation sites is 2. The quantitative estimate of drug-likeness (QED) is 0.530. The van der Waals surface area contributed by atoms with Crippen LogP contribution in [0.2, 0.25) is 0 Å². The normalized spacial score (nSPS) is 14.9. The summed E-state index contributed by atoms with van der Waals surface area (Å²) in [5.41, 5.74) is 2.24. The summed E-state index contributed by atoms with van der Waals surface area (Å²) in [7, 11) is 1.59. The molecule has 0 radical (unpaired) electrons. The third-order valence-electron chi connectivity index (χ3n) is 4.80. The zero-order valence-corrected chi connectivity index (χ0v) is 17.2. The summed E-state index contributed by atoms with van der Waals surface area (Å²) in [6.45, 7) is 3.50. The zero-order valence-electron chi connectivity index (χ0n) is 16.4. The molecular formula is C21H21N4O3S+. The predicted molar refractivity (Wildman–Crippen MR) is 111 cm³/mol. The van der Waals surface area contributed by atoms with Crippen LogP contribution in [0.3, 0.4) is 0 Å². The average molecular weight is 409 g/mol. The molecule has 7 nitrogen and oxygen atoms in total. The number of ether oxygens (including phenoxy) is 1. The van der Waals surface area contributed by atoms with Crippen LogP contribution < -0.4 is 19.9 Å². The molecule has 1 aliphatic heterocycles. The maximum absolute atomic E-state index is 13.1. The zero-order chi connectivity index (χ0) is 20.5. The number of benzene rings is 2. The van der Waals surface area contributed by atoms with Gasteiger partial charge in [0.1, 0.15) is 5.75 Å². The molecule has 0 fully saturated rings. The maximum atomic E-state index is 13.1. The Morgan fingerprint density at radius 2 is 1.97 bits per heavy atom. The van der Waals surface area contributed by atoms with Crippen molar-refractivity contribution in [3.8, 4) is 17.0 Å². The van der Waals surface area contributed by atoms with Gasteiger partial charge in [0, 0.05) is 12.0 Å². The van der Waals surface area contributed by atoms with Gasteiger partial charge >= 0.3 is 11.3 Å². The van der Waals surface area contributed by atoms with E-state index in [0.717, 1.165) is 11.3 Å². The van der Waals surface area contributed by atoms with Crippen molar-refractivity contribution in [3.63, 3.8) is 0 Å². The van der Waals surface area contributed by atoms with Crippen molar-refractivity contribution >= 4 is 23.4 Å². The molecule has 0 spiro atoms. The lowest BCUT2D eigenvalue weighted by atomic mass is 10.0. The minimum Gasteiger partial charge on any atom is -0.496 e. The van der Waals surface area contributed by atoms with E-state index in [9.17, 15) is 9.59 Å². The first kappa shape index (κ1) is 19.2. The number of H-pyrrole nitrogens is 1. The summed E-state index contributed by atoms with van der Waals surface area (Å²) in [4.78, 5) is 30.4. The molecular weight excluding hydrogens is 388 g/mol. The predicted octanol–water partition coefficient (Wildman–Crippen LogP) is 2.76. The molecule has 8 heteroatoms. The van der Waals surface area contributed by atoms with Gasteiger partial charge < -0.3 is 4.74 Å². The minimum atomic E-state index is -0.646. The highest BCUT2D eigenvalue weighted by molar-refractivity contribution is 7.99. The van der Waals surface area contributed by atoms with E-state index in [1.165, 1.54) is 18.7 Å². The van der Waals surface area contributed by atoms with Crippen molar-refractivity contribution in [2.75, 3.05) is 17.8 Å². The smallest absolute Gasteiger partial charge is 0.325 e. The number of hydrogen-bond acceptors (Lipinski definition) is 5. The van der Waals surface area contributed by atoms with E-state index in [1.807, 2.05) is 55.5 Å². The number of carbonyl (C=O) groups is 1. The molecule has 1 aromatic heterocycles. The number of aromatic nitrogens is 3. The Kier molecular flexibility index (Phi) is 5.10. The van der Waals surface area contributed by atoms with Gasteiger partial charge in [-0.05, 0) is 34.7 Å². The Morgan fingerprint density at radius 1 is 1.24 bits per heavy atom. The van der Waals surface area contributed by atoms with Crippen LogP contribution in [-0.2, 0) is 4.79 Å². The lowest BCUT2D eigenvalue weighted by Gasteiger charge is -2.31. The number of aromatic amines is 1. The van der Waals surface area contributed by atoms with E-state index in [0.29, 0.717) is 27.9 Å². The number of methoxy groups -OCH3 is 1. The van der Waals surface area contributed by atoms with Crippen LogP contribution in [0.1, 0.15) is 25.6 Å². The van der Waals surface area contributed by atoms with Crippen molar-refractivity contribution in [1.29, 1.82) is 0 Å². The summed E-state index contributed by atoms with van der Waals surface area (Å²) in [5.74, 6) is 1.22. The van der Waals surface area contributed by atoms with Crippen LogP contribution >= 0.6 is 11.8 Å². The van der Waals surface area contributed by atoms with Crippen LogP contribution in [0.25, 0.3) is 11.3 Å². The van der Waals surface area contributed by atoms with E-state index in [2.05, 4.69) is 4.98 Å². The van der Waals surface area contributed by atoms with Crippen molar-refractivity contribution in [2.24, 2.45) is 0 Å². The molecule has 0 saturated heterocycles. The Bertz CT molecular complexity index is 1140. The van der Waals surface area contributed by atoms with E-state index in [1.54, 1.807) is 16.7 Å². The molecule has 29 heavy (non-hydrogen) atoms. The standard InChI is InChI=1S/C21H20N4O3S/c1-4-29-21-22-19(27)18-14-9-5-7-11-16(14)24(13(2)26)20(25(18)23-21)15-10-6-8-12-17(15)28-3/h5-12,20H,4H2,1-3H3/p+1/t20-/m1/s1. The SMILES string of the molecule is CCSc1n[n+]2c(c(=O)[nH]1)-c1ccccc1N(C(C)=O)[C@H]2c1ccccc1OC. The summed E-state index contributed by atoms with van der Waals surface area (Å²) < 4.78 is 7.20. The van der Waals surface area contributed by atoms with Crippen molar-refractivity contribution in [2.45, 2.75) is 25.2 Å². The van der Waals surface area contributed by atoms with Crippen molar-refractivity contribution < 1.29 is 14.2 Å². The van der Waals surface area contributed by atoms with Crippen molar-refractivity contribution in [3.05, 3.63) is 64.4 Å². The Hall–Kier alpha value is -3.13. The lowest BCUT2D eigenvalue weighted by molar-refractivity contribution is -0.763. The van der Waals surface area contributed by atoms with Crippen LogP contribution in [0.4, 0.5) is 5.69 Å². The second-order valence-corrected chi connectivity index (χ2v) is 7.76. The highest BCUT2D eigenvalue weighted by atomic mass is 32.2. The fraction of sp³-hybridized carbons (Fsp3) is 0.238. The van der Waals surface area contributed by atoms with Crippen LogP contribution in [0.5, 0.6) is 5.75 Å². The van der Waals surface area contributed by atoms with Gasteiger partial charge in [0.25, 0.3) is 6.17 Å². The van der Waals surface area contributed by atoms with Gasteiger partial charge in [-0.1, -0.05) is 43.0 Å². The van der Waals surface area contributed by atoms with Gasteiger partial charge in [-0.25, -0.2) is 4.90 Å². The number of carbonyl (C=O) groups excluding carboxylic acids is 1. The summed E-state index contributed by atoms with van der Waals surface area (Å²) >= 11 is 1.44. The number of nitrogens with one attached hydrogen (secondary N) is 1. The third kappa shape index (κ3) is 3.19. The maximum Gasteiger partial charge on any atom is 0.325 e. The van der Waals surface area contributed by atoms with Gasteiger partial charge in [0.2, 0.25) is 11.1 Å². The number of anilines is 1. The number of rotatable bonds is 4. The lowest BCUT2D eigenvalue weighted by Crippen LogP contribution is -2.60. The molecule has 4 rings (SSSR count). The van der Waals surface area contributed by atoms with Gasteiger partial charge in [-0.3, -0.25) is 14.6 Å². The molecule has 2 heterocycles. The van der Waals surface area contributed by atoms with Crippen LogP contribution in [0.15, 0.2) is 58.5 Å². The molecule has 0 saturated carbocycles. The Balaban J connectivity index is 2.09. The fourth-order valence-corrected chi connectivity index (χ4v) is 4.26. The molecule has 1 N–H and O–H groups in total. The first-order chi connectivity index (χ1) is 14.1. The highest BCUT2D eigenvalue weighted by Crippen LogP contribution is 2.39. The molecule has 1 aliphatic rings. The van der Waals surface area contributed by atoms with Gasteiger partial charge in [0.15, 0.2) is 0 Å². The molecule has 3 aromatic rings. The topological polar surface area (TPSA) is 79.2 Å². The second kappa shape index (κ2) is 7.71. The van der Waals surface area contributed by atoms with Gasteiger partial charge in [0.05, 0.1) is 23.9 Å². The summed E-state index contributed by atoms with van der Waals surface area (Å²) in [5, 5.41) is 5.21. The molecule has 148 valence electrons. The second-order valence-electron chi connectivity index (χ2n) is 6.51. The molecule has 2 aromatic carbocycles. The molecule has 0 unspecified atom stereocenters. The number of hydrogen-bond donors (Lipinski definition) is 1. The number of amides is 1. The molecule has 1 amide bonds. The van der Waals surface area contributed by atoms with E-state index >= 15 is 0 Å². The minimum absolute atomic E-state index is 0.154.